The summed E-state index contributed by atoms with van der Waals surface area (Å²) >= 11 is 0. The Morgan fingerprint density at radius 3 is 2.52 bits per heavy atom. The molecule has 0 unspecified atom stereocenters. The monoisotopic (exact) mass is 313 g/mol. The topological polar surface area (TPSA) is 20.2 Å². The van der Waals surface area contributed by atoms with Crippen LogP contribution in [-0.4, -0.2) is 42.2 Å². The zero-order valence-electron chi connectivity index (χ0n) is 15.2. The van der Waals surface area contributed by atoms with Crippen LogP contribution in [-0.2, 0) is 18.4 Å². The second-order valence-electron chi connectivity index (χ2n) is 7.76. The molecule has 0 aliphatic carbocycles. The minimum atomic E-state index is 0.207. The number of hydrogen-bond acceptors (Lipinski definition) is 2. The summed E-state index contributed by atoms with van der Waals surface area (Å²) in [6.45, 7) is 16.0. The van der Waals surface area contributed by atoms with Gasteiger partial charge >= 0.3 is 0 Å². The number of benzene rings is 1. The molecule has 0 spiro atoms. The summed E-state index contributed by atoms with van der Waals surface area (Å²) in [4.78, 5) is 2.58. The van der Waals surface area contributed by atoms with Crippen LogP contribution in [0.5, 0.6) is 0 Å². The molecule has 1 aromatic carbocycles. The Kier molecular flexibility index (Phi) is 4.79. The molecule has 1 N–H and O–H groups in total. The standard InChI is InChI=1S/C20H31N3/c1-5-23-15-16(8-11-22-12-9-21-10-13-22)18-14-17(20(2,3)4)6-7-19(18)23/h6-7,14-15,21H,5,8-13H2,1-4H3. The molecule has 0 radical (unpaired) electrons. The molecule has 3 nitrogen and oxygen atoms in total. The highest BCUT2D eigenvalue weighted by Crippen LogP contribution is 2.29. The van der Waals surface area contributed by atoms with E-state index in [1.54, 1.807) is 0 Å². The maximum Gasteiger partial charge on any atom is 0.0483 e. The molecule has 3 rings (SSSR count). The Labute approximate surface area is 140 Å². The molecular weight excluding hydrogens is 282 g/mol. The summed E-state index contributed by atoms with van der Waals surface area (Å²) in [6, 6.07) is 7.04. The largest absolute Gasteiger partial charge is 0.347 e. The van der Waals surface area contributed by atoms with Crippen molar-refractivity contribution in [2.45, 2.75) is 46.1 Å². The first-order valence-corrected chi connectivity index (χ1v) is 9.04. The maximum absolute atomic E-state index is 3.43. The van der Waals surface area contributed by atoms with Crippen LogP contribution in [0.2, 0.25) is 0 Å². The first-order chi connectivity index (χ1) is 11.0. The number of fused-ring (bicyclic) bond motifs is 1. The van der Waals surface area contributed by atoms with Crippen molar-refractivity contribution < 1.29 is 0 Å². The van der Waals surface area contributed by atoms with Crippen LogP contribution >= 0.6 is 0 Å². The summed E-state index contributed by atoms with van der Waals surface area (Å²) < 4.78 is 2.40. The average Bonchev–Trinajstić information content (AvgIpc) is 2.90. The van der Waals surface area contributed by atoms with Gasteiger partial charge in [0.15, 0.2) is 0 Å². The van der Waals surface area contributed by atoms with E-state index < -0.39 is 0 Å². The molecule has 126 valence electrons. The normalized spacial score (nSPS) is 17.0. The lowest BCUT2D eigenvalue weighted by atomic mass is 9.86. The predicted molar refractivity (Wildman–Crippen MR) is 99.3 cm³/mol. The zero-order valence-corrected chi connectivity index (χ0v) is 15.2. The Bertz CT molecular complexity index is 657. The van der Waals surface area contributed by atoms with E-state index in [2.05, 4.69) is 66.9 Å². The van der Waals surface area contributed by atoms with E-state index in [0.29, 0.717) is 0 Å². The average molecular weight is 313 g/mol. The summed E-state index contributed by atoms with van der Waals surface area (Å²) in [5.74, 6) is 0. The van der Waals surface area contributed by atoms with Crippen LogP contribution in [0.1, 0.15) is 38.8 Å². The van der Waals surface area contributed by atoms with Crippen molar-refractivity contribution in [1.82, 2.24) is 14.8 Å². The molecule has 0 bridgehead atoms. The van der Waals surface area contributed by atoms with Crippen molar-refractivity contribution in [3.8, 4) is 0 Å². The first kappa shape index (κ1) is 16.5. The molecule has 2 aromatic rings. The quantitative estimate of drug-likeness (QED) is 0.933. The number of nitrogens with one attached hydrogen (secondary N) is 1. The van der Waals surface area contributed by atoms with Gasteiger partial charge in [-0.15, -0.1) is 0 Å². The SMILES string of the molecule is CCn1cc(CCN2CCNCC2)c2cc(C(C)(C)C)ccc21. The van der Waals surface area contributed by atoms with E-state index in [9.17, 15) is 0 Å². The van der Waals surface area contributed by atoms with E-state index in [1.807, 2.05) is 0 Å². The lowest BCUT2D eigenvalue weighted by Gasteiger charge is -2.27. The molecule has 2 heterocycles. The van der Waals surface area contributed by atoms with E-state index in [1.165, 1.54) is 41.7 Å². The van der Waals surface area contributed by atoms with Crippen molar-refractivity contribution in [3.63, 3.8) is 0 Å². The summed E-state index contributed by atoms with van der Waals surface area (Å²) in [7, 11) is 0. The van der Waals surface area contributed by atoms with Gasteiger partial charge in [0.2, 0.25) is 0 Å². The predicted octanol–water partition coefficient (Wildman–Crippen LogP) is 3.41. The lowest BCUT2D eigenvalue weighted by Crippen LogP contribution is -2.44. The second kappa shape index (κ2) is 6.66. The van der Waals surface area contributed by atoms with Crippen LogP contribution in [0.4, 0.5) is 0 Å². The molecule has 23 heavy (non-hydrogen) atoms. The molecule has 1 fully saturated rings. The highest BCUT2D eigenvalue weighted by molar-refractivity contribution is 5.85. The van der Waals surface area contributed by atoms with Gasteiger partial charge in [-0.25, -0.2) is 0 Å². The summed E-state index contributed by atoms with van der Waals surface area (Å²) in [6.07, 6.45) is 3.52. The summed E-state index contributed by atoms with van der Waals surface area (Å²) in [5.41, 5.74) is 4.53. The number of aryl methyl sites for hydroxylation is 1. The zero-order chi connectivity index (χ0) is 16.4. The van der Waals surface area contributed by atoms with E-state index in [4.69, 9.17) is 0 Å². The van der Waals surface area contributed by atoms with Gasteiger partial charge in [0.25, 0.3) is 0 Å². The van der Waals surface area contributed by atoms with Gasteiger partial charge in [0, 0.05) is 56.4 Å². The van der Waals surface area contributed by atoms with Crippen molar-refractivity contribution in [3.05, 3.63) is 35.5 Å². The minimum Gasteiger partial charge on any atom is -0.347 e. The van der Waals surface area contributed by atoms with Crippen LogP contribution in [0, 0.1) is 0 Å². The first-order valence-electron chi connectivity index (χ1n) is 9.04. The van der Waals surface area contributed by atoms with Crippen LogP contribution < -0.4 is 5.32 Å². The highest BCUT2D eigenvalue weighted by atomic mass is 15.2. The molecule has 1 aromatic heterocycles. The number of rotatable bonds is 4. The molecule has 1 aliphatic rings. The summed E-state index contributed by atoms with van der Waals surface area (Å²) in [5, 5.41) is 4.89. The Balaban J connectivity index is 1.88. The second-order valence-corrected chi connectivity index (χ2v) is 7.76. The number of aromatic nitrogens is 1. The van der Waals surface area contributed by atoms with Gasteiger partial charge in [0.1, 0.15) is 0 Å². The fraction of sp³-hybridized carbons (Fsp3) is 0.600. The van der Waals surface area contributed by atoms with Gasteiger partial charge in [-0.05, 0) is 42.0 Å². The van der Waals surface area contributed by atoms with E-state index in [-0.39, 0.29) is 5.41 Å². The van der Waals surface area contributed by atoms with Gasteiger partial charge < -0.3 is 14.8 Å². The van der Waals surface area contributed by atoms with Gasteiger partial charge in [-0.3, -0.25) is 0 Å². The van der Waals surface area contributed by atoms with Crippen molar-refractivity contribution in [2.75, 3.05) is 32.7 Å². The minimum absolute atomic E-state index is 0.207. The number of nitrogens with zero attached hydrogens (tertiary/aromatic N) is 2. The lowest BCUT2D eigenvalue weighted by molar-refractivity contribution is 0.244. The molecule has 0 atom stereocenters. The fourth-order valence-corrected chi connectivity index (χ4v) is 3.51. The third-order valence-corrected chi connectivity index (χ3v) is 5.08. The van der Waals surface area contributed by atoms with Crippen molar-refractivity contribution in [1.29, 1.82) is 0 Å². The van der Waals surface area contributed by atoms with Crippen molar-refractivity contribution in [2.24, 2.45) is 0 Å². The third kappa shape index (κ3) is 3.61. The molecular formula is C20H31N3. The van der Waals surface area contributed by atoms with Crippen LogP contribution in [0.3, 0.4) is 0 Å². The van der Waals surface area contributed by atoms with Gasteiger partial charge in [-0.2, -0.15) is 0 Å². The van der Waals surface area contributed by atoms with E-state index in [0.717, 1.165) is 26.1 Å². The molecule has 0 amide bonds. The van der Waals surface area contributed by atoms with Gasteiger partial charge in [-0.1, -0.05) is 26.8 Å². The Morgan fingerprint density at radius 1 is 1.13 bits per heavy atom. The fourth-order valence-electron chi connectivity index (χ4n) is 3.51. The molecule has 0 saturated carbocycles. The van der Waals surface area contributed by atoms with Crippen LogP contribution in [0.25, 0.3) is 10.9 Å². The Morgan fingerprint density at radius 2 is 1.87 bits per heavy atom. The number of piperazine rings is 1. The molecule has 1 saturated heterocycles. The molecule has 1 aliphatic heterocycles. The van der Waals surface area contributed by atoms with Crippen molar-refractivity contribution >= 4 is 10.9 Å². The van der Waals surface area contributed by atoms with Crippen LogP contribution in [0.15, 0.2) is 24.4 Å². The highest BCUT2D eigenvalue weighted by Gasteiger charge is 2.17. The Hall–Kier alpha value is -1.32. The van der Waals surface area contributed by atoms with Gasteiger partial charge in [0.05, 0.1) is 0 Å². The third-order valence-electron chi connectivity index (χ3n) is 5.08. The van der Waals surface area contributed by atoms with E-state index >= 15 is 0 Å². The number of hydrogen-bond donors (Lipinski definition) is 1. The smallest absolute Gasteiger partial charge is 0.0483 e. The maximum atomic E-state index is 3.43. The molecule has 3 heteroatoms.